The first kappa shape index (κ1) is 59.0. The first-order chi connectivity index (χ1) is 30.9. The van der Waals surface area contributed by atoms with Gasteiger partial charge in [-0.05, 0) is 77.0 Å². The van der Waals surface area contributed by atoms with Crippen LogP contribution in [0.3, 0.4) is 0 Å². The number of unbranched alkanes of at least 4 members (excludes halogenated alkanes) is 12. The quantitative estimate of drug-likeness (QED) is 0.0148. The number of carbonyl (C=O) groups excluding carboxylic acids is 2. The van der Waals surface area contributed by atoms with Crippen molar-refractivity contribution in [2.75, 3.05) is 13.2 Å². The molecule has 8 atom stereocenters. The SMILES string of the molecule is CC/C=C\C/C=C\C/C=C\C/C=C\C/C=C\C/C=C\CCC(=O)OC[C@H](COP(=O)(O)OC1C(O)C(O)C(O)[C@@H](O)C1O)OC(=O)CCCCCCC/C=C\CCCCCCCCC. The molecular formula is C50H83O13P. The number of phosphoric ester groups is 1. The van der Waals surface area contributed by atoms with Crippen LogP contribution in [0.2, 0.25) is 0 Å². The van der Waals surface area contributed by atoms with Gasteiger partial charge in [0.1, 0.15) is 43.2 Å². The molecule has 14 heteroatoms. The molecule has 0 spiro atoms. The number of esters is 2. The van der Waals surface area contributed by atoms with Gasteiger partial charge in [-0.2, -0.15) is 0 Å². The van der Waals surface area contributed by atoms with E-state index in [-0.39, 0.29) is 12.8 Å². The second-order valence-corrected chi connectivity index (χ2v) is 17.6. The third-order valence-corrected chi connectivity index (χ3v) is 11.5. The molecule has 1 saturated carbocycles. The fourth-order valence-electron chi connectivity index (χ4n) is 6.66. The summed E-state index contributed by atoms with van der Waals surface area (Å²) in [5.74, 6) is -1.21. The van der Waals surface area contributed by atoms with Crippen LogP contribution in [-0.4, -0.2) is 98.3 Å². The molecular weight excluding hydrogens is 840 g/mol. The average molecular weight is 923 g/mol. The molecule has 1 rings (SSSR count). The Balaban J connectivity index is 2.51. The number of ether oxygens (including phenoxy) is 2. The molecule has 0 saturated heterocycles. The Bertz CT molecular complexity index is 1440. The molecule has 6 N–H and O–H groups in total. The summed E-state index contributed by atoms with van der Waals surface area (Å²) >= 11 is 0. The van der Waals surface area contributed by atoms with Gasteiger partial charge in [-0.1, -0.05) is 157 Å². The summed E-state index contributed by atoms with van der Waals surface area (Å²) in [7, 11) is -5.14. The Morgan fingerprint density at radius 1 is 0.500 bits per heavy atom. The first-order valence-electron chi connectivity index (χ1n) is 23.9. The fraction of sp³-hybridized carbons (Fsp3) is 0.680. The Kier molecular flexibility index (Phi) is 36.2. The number of aliphatic hydroxyl groups is 5. The van der Waals surface area contributed by atoms with Crippen molar-refractivity contribution >= 4 is 19.8 Å². The van der Waals surface area contributed by atoms with E-state index in [0.717, 1.165) is 70.6 Å². The van der Waals surface area contributed by atoms with Crippen molar-refractivity contribution in [3.05, 3.63) is 85.1 Å². The summed E-state index contributed by atoms with van der Waals surface area (Å²) in [6, 6.07) is 0. The second-order valence-electron chi connectivity index (χ2n) is 16.2. The van der Waals surface area contributed by atoms with E-state index in [1.807, 2.05) is 18.2 Å². The lowest BCUT2D eigenvalue weighted by atomic mass is 9.85. The van der Waals surface area contributed by atoms with Crippen LogP contribution in [0.4, 0.5) is 0 Å². The van der Waals surface area contributed by atoms with Crippen LogP contribution in [0.25, 0.3) is 0 Å². The Labute approximate surface area is 384 Å². The highest BCUT2D eigenvalue weighted by Crippen LogP contribution is 2.47. The van der Waals surface area contributed by atoms with E-state index in [1.165, 1.54) is 44.9 Å². The highest BCUT2D eigenvalue weighted by molar-refractivity contribution is 7.47. The molecule has 6 unspecified atom stereocenters. The smallest absolute Gasteiger partial charge is 0.462 e. The summed E-state index contributed by atoms with van der Waals surface area (Å²) < 4.78 is 33.5. The largest absolute Gasteiger partial charge is 0.472 e. The van der Waals surface area contributed by atoms with Crippen molar-refractivity contribution in [2.45, 2.75) is 204 Å². The van der Waals surface area contributed by atoms with Gasteiger partial charge in [-0.3, -0.25) is 18.6 Å². The maximum atomic E-state index is 12.8. The molecule has 0 aromatic heterocycles. The van der Waals surface area contributed by atoms with Gasteiger partial charge in [0.05, 0.1) is 6.61 Å². The number of carbonyl (C=O) groups is 2. The molecule has 366 valence electrons. The number of rotatable bonds is 38. The van der Waals surface area contributed by atoms with Crippen LogP contribution < -0.4 is 0 Å². The highest BCUT2D eigenvalue weighted by atomic mass is 31.2. The van der Waals surface area contributed by atoms with Crippen molar-refractivity contribution in [3.8, 4) is 0 Å². The van der Waals surface area contributed by atoms with E-state index in [0.29, 0.717) is 19.3 Å². The van der Waals surface area contributed by atoms with E-state index < -0.39 is 75.7 Å². The van der Waals surface area contributed by atoms with E-state index in [2.05, 4.69) is 80.7 Å². The average Bonchev–Trinajstić information content (AvgIpc) is 3.28. The number of phosphoric acid groups is 1. The minimum Gasteiger partial charge on any atom is -0.462 e. The lowest BCUT2D eigenvalue weighted by molar-refractivity contribution is -0.220. The first-order valence-corrected chi connectivity index (χ1v) is 25.4. The molecule has 0 aliphatic heterocycles. The summed E-state index contributed by atoms with van der Waals surface area (Å²) in [6.07, 6.45) is 37.9. The lowest BCUT2D eigenvalue weighted by Crippen LogP contribution is -2.64. The predicted octanol–water partition coefficient (Wildman–Crippen LogP) is 9.67. The standard InChI is InChI=1S/C50H83O13P/c1-3-5-7-9-11-13-15-17-19-21-22-23-25-26-28-30-32-34-36-38-43(51)60-40-42(41-61-64(58,59)63-50-48(56)46(54)45(53)47(55)49(50)57)62-44(52)39-37-35-33-31-29-27-24-20-18-16-14-12-10-8-6-4-2/h5,7,11,13,17,19-20,22-24,26,28,32,34,42,45-50,53-57H,3-4,6,8-10,12,14-16,18,21,25,27,29-31,33,35-41H2,1-2H3,(H,58,59)/b7-5-,13-11-,19-17-,23-22-,24-20-,28-26-,34-32-/t42-,45?,46-,47?,48?,49?,50?/m1/s1. The number of aliphatic hydroxyl groups excluding tert-OH is 5. The highest BCUT2D eigenvalue weighted by Gasteiger charge is 2.51. The van der Waals surface area contributed by atoms with Gasteiger partial charge in [0.25, 0.3) is 0 Å². The Hall–Kier alpha value is -2.97. The topological polar surface area (TPSA) is 210 Å². The zero-order chi connectivity index (χ0) is 47.1. The van der Waals surface area contributed by atoms with Gasteiger partial charge in [0, 0.05) is 12.8 Å². The number of allylic oxidation sites excluding steroid dienone is 14. The van der Waals surface area contributed by atoms with E-state index in [4.69, 9.17) is 18.5 Å². The van der Waals surface area contributed by atoms with Crippen molar-refractivity contribution in [1.29, 1.82) is 0 Å². The van der Waals surface area contributed by atoms with Crippen LogP contribution in [-0.2, 0) is 32.7 Å². The normalized spacial score (nSPS) is 22.3. The van der Waals surface area contributed by atoms with Gasteiger partial charge in [0.15, 0.2) is 6.10 Å². The van der Waals surface area contributed by atoms with Gasteiger partial charge >= 0.3 is 19.8 Å². The van der Waals surface area contributed by atoms with Crippen LogP contribution in [0.15, 0.2) is 85.1 Å². The van der Waals surface area contributed by atoms with E-state index in [1.54, 1.807) is 0 Å². The molecule has 0 amide bonds. The number of hydrogen-bond acceptors (Lipinski definition) is 12. The molecule has 1 aliphatic carbocycles. The maximum Gasteiger partial charge on any atom is 0.472 e. The van der Waals surface area contributed by atoms with Crippen molar-refractivity contribution in [3.63, 3.8) is 0 Å². The van der Waals surface area contributed by atoms with Crippen LogP contribution in [0, 0.1) is 0 Å². The summed E-state index contributed by atoms with van der Waals surface area (Å²) in [4.78, 5) is 35.7. The lowest BCUT2D eigenvalue weighted by Gasteiger charge is -2.41. The van der Waals surface area contributed by atoms with Crippen LogP contribution in [0.1, 0.15) is 162 Å². The summed E-state index contributed by atoms with van der Waals surface area (Å²) in [5, 5.41) is 50.2. The third kappa shape index (κ3) is 31.0. The molecule has 1 aliphatic rings. The van der Waals surface area contributed by atoms with Gasteiger partial charge in [-0.15, -0.1) is 0 Å². The maximum absolute atomic E-state index is 12.8. The second kappa shape index (κ2) is 39.2. The monoisotopic (exact) mass is 923 g/mol. The van der Waals surface area contributed by atoms with Crippen molar-refractivity contribution < 1.29 is 63.1 Å². The molecule has 0 bridgehead atoms. The van der Waals surface area contributed by atoms with Crippen molar-refractivity contribution in [1.82, 2.24) is 0 Å². The predicted molar refractivity (Wildman–Crippen MR) is 253 cm³/mol. The zero-order valence-corrected chi connectivity index (χ0v) is 39.7. The fourth-order valence-corrected chi connectivity index (χ4v) is 7.63. The van der Waals surface area contributed by atoms with Crippen LogP contribution >= 0.6 is 7.82 Å². The van der Waals surface area contributed by atoms with Crippen LogP contribution in [0.5, 0.6) is 0 Å². The third-order valence-electron chi connectivity index (χ3n) is 10.5. The van der Waals surface area contributed by atoms with Gasteiger partial charge in [0.2, 0.25) is 0 Å². The Morgan fingerprint density at radius 3 is 1.42 bits per heavy atom. The molecule has 0 aromatic carbocycles. The minimum absolute atomic E-state index is 0.0360. The van der Waals surface area contributed by atoms with Gasteiger partial charge < -0.3 is 39.9 Å². The molecule has 13 nitrogen and oxygen atoms in total. The zero-order valence-electron chi connectivity index (χ0n) is 38.8. The summed E-state index contributed by atoms with van der Waals surface area (Å²) in [5.41, 5.74) is 0. The van der Waals surface area contributed by atoms with Gasteiger partial charge in [-0.25, -0.2) is 4.57 Å². The van der Waals surface area contributed by atoms with Crippen molar-refractivity contribution in [2.24, 2.45) is 0 Å². The minimum atomic E-state index is -5.14. The molecule has 0 radical (unpaired) electrons. The summed E-state index contributed by atoms with van der Waals surface area (Å²) in [6.45, 7) is 3.11. The molecule has 0 aromatic rings. The molecule has 1 fully saturated rings. The molecule has 0 heterocycles. The Morgan fingerprint density at radius 2 is 0.922 bits per heavy atom. The molecule has 64 heavy (non-hydrogen) atoms. The van der Waals surface area contributed by atoms with E-state index in [9.17, 15) is 44.6 Å². The van der Waals surface area contributed by atoms with E-state index >= 15 is 0 Å². The number of hydrogen-bond donors (Lipinski definition) is 6.